The molecular formula is C15H11NOS2. The van der Waals surface area contributed by atoms with Crippen LogP contribution in [-0.2, 0) is 0 Å². The van der Waals surface area contributed by atoms with E-state index in [0.717, 1.165) is 23.2 Å². The Balaban J connectivity index is 1.72. The molecule has 1 aliphatic carbocycles. The van der Waals surface area contributed by atoms with Gasteiger partial charge in [-0.2, -0.15) is 0 Å². The zero-order valence-electron chi connectivity index (χ0n) is 10.1. The van der Waals surface area contributed by atoms with Crippen LogP contribution >= 0.6 is 22.7 Å². The predicted molar refractivity (Wildman–Crippen MR) is 80.0 cm³/mol. The van der Waals surface area contributed by atoms with E-state index in [-0.39, 0.29) is 0 Å². The summed E-state index contributed by atoms with van der Waals surface area (Å²) in [7, 11) is 0. The summed E-state index contributed by atoms with van der Waals surface area (Å²) < 4.78 is 1.20. The summed E-state index contributed by atoms with van der Waals surface area (Å²) in [5, 5.41) is 0. The van der Waals surface area contributed by atoms with Crippen molar-refractivity contribution >= 4 is 38.7 Å². The molecule has 2 nitrogen and oxygen atoms in total. The number of benzene rings is 1. The second-order valence-electron chi connectivity index (χ2n) is 4.84. The summed E-state index contributed by atoms with van der Waals surface area (Å²) in [5.74, 6) is 0.630. The van der Waals surface area contributed by atoms with Gasteiger partial charge >= 0.3 is 0 Å². The topological polar surface area (TPSA) is 30.0 Å². The Hall–Kier alpha value is -1.52. The number of carbonyl (C=O) groups excluding carboxylic acids is 1. The highest BCUT2D eigenvalue weighted by atomic mass is 32.1. The number of rotatable bonds is 3. The number of thiazole rings is 1. The molecule has 0 radical (unpaired) electrons. The van der Waals surface area contributed by atoms with Gasteiger partial charge in [-0.3, -0.25) is 4.79 Å². The number of nitrogens with zero attached hydrogens (tertiary/aromatic N) is 1. The van der Waals surface area contributed by atoms with Crippen LogP contribution in [0, 0.1) is 5.92 Å². The Morgan fingerprint density at radius 2 is 2.11 bits per heavy atom. The van der Waals surface area contributed by atoms with E-state index in [1.807, 2.05) is 17.6 Å². The molecule has 3 aromatic rings. The average Bonchev–Trinajstić information content (AvgIpc) is 2.99. The molecule has 2 heterocycles. The molecule has 0 spiro atoms. The van der Waals surface area contributed by atoms with E-state index < -0.39 is 0 Å². The number of Topliss-reactive ketones (excluding diaryl/α,β-unsaturated/α-hetero) is 1. The number of ketones is 1. The van der Waals surface area contributed by atoms with Gasteiger partial charge in [0, 0.05) is 10.8 Å². The minimum absolute atomic E-state index is 0.301. The van der Waals surface area contributed by atoms with Gasteiger partial charge in [0.25, 0.3) is 0 Å². The SMILES string of the molecule is O=C(c1ccc(-c2ccc3ncsc3c2)s1)C1CC1. The highest BCUT2D eigenvalue weighted by molar-refractivity contribution is 7.18. The van der Waals surface area contributed by atoms with E-state index in [1.165, 1.54) is 15.1 Å². The lowest BCUT2D eigenvalue weighted by Gasteiger charge is -1.97. The van der Waals surface area contributed by atoms with Gasteiger partial charge in [-0.15, -0.1) is 22.7 Å². The molecule has 4 heteroatoms. The lowest BCUT2D eigenvalue weighted by molar-refractivity contribution is 0.0971. The summed E-state index contributed by atoms with van der Waals surface area (Å²) in [5.41, 5.74) is 4.08. The first kappa shape index (κ1) is 11.3. The Kier molecular flexibility index (Phi) is 2.53. The summed E-state index contributed by atoms with van der Waals surface area (Å²) in [6.45, 7) is 0. The van der Waals surface area contributed by atoms with Gasteiger partial charge in [-0.25, -0.2) is 4.98 Å². The Morgan fingerprint density at radius 1 is 1.21 bits per heavy atom. The molecule has 0 saturated heterocycles. The minimum Gasteiger partial charge on any atom is -0.293 e. The van der Waals surface area contributed by atoms with E-state index in [2.05, 4.69) is 23.2 Å². The number of hydrogen-bond acceptors (Lipinski definition) is 4. The molecule has 0 amide bonds. The van der Waals surface area contributed by atoms with Crippen LogP contribution in [-0.4, -0.2) is 10.8 Å². The molecule has 0 bridgehead atoms. The fourth-order valence-corrected chi connectivity index (χ4v) is 3.92. The number of hydrogen-bond donors (Lipinski definition) is 0. The second-order valence-corrected chi connectivity index (χ2v) is 6.81. The highest BCUT2D eigenvalue weighted by Gasteiger charge is 2.31. The van der Waals surface area contributed by atoms with Crippen molar-refractivity contribution in [3.8, 4) is 10.4 Å². The maximum atomic E-state index is 12.0. The number of carbonyl (C=O) groups is 1. The van der Waals surface area contributed by atoms with Crippen LogP contribution in [0.1, 0.15) is 22.5 Å². The predicted octanol–water partition coefficient (Wildman–Crippen LogP) is 4.62. The van der Waals surface area contributed by atoms with Crippen LogP contribution in [0.5, 0.6) is 0 Å². The average molecular weight is 285 g/mol. The molecule has 1 fully saturated rings. The fraction of sp³-hybridized carbons (Fsp3) is 0.200. The maximum Gasteiger partial charge on any atom is 0.175 e. The van der Waals surface area contributed by atoms with Crippen molar-refractivity contribution < 1.29 is 4.79 Å². The van der Waals surface area contributed by atoms with Crippen molar-refractivity contribution in [3.63, 3.8) is 0 Å². The largest absolute Gasteiger partial charge is 0.293 e. The van der Waals surface area contributed by atoms with E-state index in [4.69, 9.17) is 0 Å². The molecule has 0 N–H and O–H groups in total. The third kappa shape index (κ3) is 2.01. The lowest BCUT2D eigenvalue weighted by atomic mass is 10.2. The first-order chi connectivity index (χ1) is 9.31. The van der Waals surface area contributed by atoms with E-state index >= 15 is 0 Å². The Bertz CT molecular complexity index is 767. The van der Waals surface area contributed by atoms with Gasteiger partial charge in [0.05, 0.1) is 20.6 Å². The van der Waals surface area contributed by atoms with Crippen LogP contribution in [0.3, 0.4) is 0 Å². The molecule has 0 atom stereocenters. The quantitative estimate of drug-likeness (QED) is 0.657. The molecule has 19 heavy (non-hydrogen) atoms. The van der Waals surface area contributed by atoms with Crippen LogP contribution in [0.15, 0.2) is 35.8 Å². The van der Waals surface area contributed by atoms with Crippen LogP contribution in [0.25, 0.3) is 20.7 Å². The third-order valence-electron chi connectivity index (χ3n) is 3.41. The van der Waals surface area contributed by atoms with Gasteiger partial charge in [0.2, 0.25) is 0 Å². The van der Waals surface area contributed by atoms with Crippen molar-refractivity contribution in [2.75, 3.05) is 0 Å². The van der Waals surface area contributed by atoms with Crippen molar-refractivity contribution in [1.29, 1.82) is 0 Å². The van der Waals surface area contributed by atoms with E-state index in [9.17, 15) is 4.79 Å². The number of thiophene rings is 1. The highest BCUT2D eigenvalue weighted by Crippen LogP contribution is 2.37. The van der Waals surface area contributed by atoms with Crippen molar-refractivity contribution in [1.82, 2.24) is 4.98 Å². The smallest absolute Gasteiger partial charge is 0.175 e. The Labute approximate surface area is 118 Å². The van der Waals surface area contributed by atoms with Crippen molar-refractivity contribution in [2.45, 2.75) is 12.8 Å². The first-order valence-corrected chi connectivity index (χ1v) is 7.98. The van der Waals surface area contributed by atoms with Gasteiger partial charge in [-0.1, -0.05) is 6.07 Å². The summed E-state index contributed by atoms with van der Waals surface area (Å²) in [6, 6.07) is 10.3. The van der Waals surface area contributed by atoms with E-state index in [0.29, 0.717) is 11.7 Å². The summed E-state index contributed by atoms with van der Waals surface area (Å²) in [4.78, 5) is 18.4. The van der Waals surface area contributed by atoms with Gasteiger partial charge in [-0.05, 0) is 42.7 Å². The maximum absolute atomic E-state index is 12.0. The molecule has 4 rings (SSSR count). The molecule has 0 unspecified atom stereocenters. The second kappa shape index (κ2) is 4.25. The molecular weight excluding hydrogens is 274 g/mol. The van der Waals surface area contributed by atoms with Gasteiger partial charge < -0.3 is 0 Å². The fourth-order valence-electron chi connectivity index (χ4n) is 2.18. The zero-order valence-corrected chi connectivity index (χ0v) is 11.8. The summed E-state index contributed by atoms with van der Waals surface area (Å²) >= 11 is 3.26. The third-order valence-corrected chi connectivity index (χ3v) is 5.35. The molecule has 2 aromatic heterocycles. The molecule has 1 aromatic carbocycles. The van der Waals surface area contributed by atoms with E-state index in [1.54, 1.807) is 22.7 Å². The van der Waals surface area contributed by atoms with Crippen molar-refractivity contribution in [2.24, 2.45) is 5.92 Å². The van der Waals surface area contributed by atoms with Crippen molar-refractivity contribution in [3.05, 3.63) is 40.7 Å². The molecule has 0 aliphatic heterocycles. The normalized spacial score (nSPS) is 14.9. The molecule has 1 aliphatic rings. The standard InChI is InChI=1S/C15H11NOS2/c17-15(9-1-2-9)13-6-5-12(19-13)10-3-4-11-14(7-10)18-8-16-11/h3-9H,1-2H2. The lowest BCUT2D eigenvalue weighted by Crippen LogP contribution is -1.96. The summed E-state index contributed by atoms with van der Waals surface area (Å²) in [6.07, 6.45) is 2.14. The molecule has 1 saturated carbocycles. The van der Waals surface area contributed by atoms with Crippen LogP contribution in [0.2, 0.25) is 0 Å². The molecule has 94 valence electrons. The monoisotopic (exact) mass is 285 g/mol. The zero-order chi connectivity index (χ0) is 12.8. The first-order valence-electron chi connectivity index (χ1n) is 6.29. The van der Waals surface area contributed by atoms with Crippen LogP contribution < -0.4 is 0 Å². The van der Waals surface area contributed by atoms with Crippen LogP contribution in [0.4, 0.5) is 0 Å². The van der Waals surface area contributed by atoms with Gasteiger partial charge in [0.15, 0.2) is 5.78 Å². The minimum atomic E-state index is 0.301. The number of fused-ring (bicyclic) bond motifs is 1. The Morgan fingerprint density at radius 3 is 2.95 bits per heavy atom. The van der Waals surface area contributed by atoms with Gasteiger partial charge in [0.1, 0.15) is 0 Å². The number of aromatic nitrogens is 1.